The molecule has 2 aromatic carbocycles. The molecule has 1 N–H and O–H groups in total. The van der Waals surface area contributed by atoms with Crippen LogP contribution in [-0.4, -0.2) is 24.9 Å². The van der Waals surface area contributed by atoms with E-state index < -0.39 is 10.2 Å². The van der Waals surface area contributed by atoms with Crippen LogP contribution in [0.4, 0.5) is 10.8 Å². The van der Waals surface area contributed by atoms with Crippen molar-refractivity contribution >= 4 is 64.1 Å². The molecule has 0 fully saturated rings. The zero-order valence-corrected chi connectivity index (χ0v) is 16.9. The van der Waals surface area contributed by atoms with Gasteiger partial charge in [0.25, 0.3) is 0 Å². The predicted octanol–water partition coefficient (Wildman–Crippen LogP) is 4.32. The highest BCUT2D eigenvalue weighted by molar-refractivity contribution is 7.94. The number of thiazole rings is 2. The fourth-order valence-electron chi connectivity index (χ4n) is 3.44. The average Bonchev–Trinajstić information content (AvgIpc) is 3.22. The maximum atomic E-state index is 13.0. The molecule has 138 valence electrons. The molecule has 1 aliphatic heterocycles. The van der Waals surface area contributed by atoms with E-state index in [4.69, 9.17) is 0 Å². The number of benzene rings is 2. The lowest BCUT2D eigenvalue weighted by atomic mass is 10.0. The van der Waals surface area contributed by atoms with Gasteiger partial charge in [-0.15, -0.1) is 11.3 Å². The normalized spacial score (nSPS) is 14.6. The topological polar surface area (TPSA) is 75.2 Å². The van der Waals surface area contributed by atoms with Gasteiger partial charge in [-0.2, -0.15) is 8.42 Å². The van der Waals surface area contributed by atoms with Gasteiger partial charge in [0, 0.05) is 6.54 Å². The molecule has 0 aliphatic carbocycles. The third kappa shape index (κ3) is 2.86. The number of hydrogen-bond donors (Lipinski definition) is 1. The first-order chi connectivity index (χ1) is 13.0. The lowest BCUT2D eigenvalue weighted by Crippen LogP contribution is -2.39. The van der Waals surface area contributed by atoms with E-state index in [1.807, 2.05) is 43.3 Å². The van der Waals surface area contributed by atoms with Gasteiger partial charge < -0.3 is 0 Å². The molecule has 1 aliphatic rings. The van der Waals surface area contributed by atoms with Gasteiger partial charge in [0.2, 0.25) is 0 Å². The van der Waals surface area contributed by atoms with Gasteiger partial charge >= 0.3 is 10.2 Å². The smallest absolute Gasteiger partial charge is 0.253 e. The molecule has 0 radical (unpaired) electrons. The second-order valence-corrected chi connectivity index (χ2v) is 10.2. The molecule has 4 aromatic rings. The van der Waals surface area contributed by atoms with Crippen molar-refractivity contribution in [1.29, 1.82) is 0 Å². The first-order valence-electron chi connectivity index (χ1n) is 8.56. The molecule has 0 bridgehead atoms. The summed E-state index contributed by atoms with van der Waals surface area (Å²) in [6.07, 6.45) is 1.70. The fraction of sp³-hybridized carbons (Fsp3) is 0.222. The van der Waals surface area contributed by atoms with Crippen molar-refractivity contribution in [2.24, 2.45) is 0 Å². The number of nitrogens with one attached hydrogen (secondary N) is 1. The molecule has 0 spiro atoms. The fourth-order valence-corrected chi connectivity index (χ4v) is 6.97. The molecule has 0 saturated carbocycles. The Balaban J connectivity index is 1.54. The number of fused-ring (bicyclic) bond motifs is 4. The van der Waals surface area contributed by atoms with E-state index in [0.717, 1.165) is 49.5 Å². The summed E-state index contributed by atoms with van der Waals surface area (Å²) in [5.41, 5.74) is 3.51. The number of nitrogens with zero attached hydrogens (tertiary/aromatic N) is 3. The van der Waals surface area contributed by atoms with Crippen molar-refractivity contribution in [3.63, 3.8) is 0 Å². The predicted molar refractivity (Wildman–Crippen MR) is 112 cm³/mol. The number of rotatable bonds is 3. The van der Waals surface area contributed by atoms with Gasteiger partial charge in [0.05, 0.1) is 31.1 Å². The highest BCUT2D eigenvalue weighted by atomic mass is 32.2. The second-order valence-electron chi connectivity index (χ2n) is 6.43. The molecule has 2 aromatic heterocycles. The van der Waals surface area contributed by atoms with Crippen molar-refractivity contribution in [2.75, 3.05) is 15.6 Å². The largest absolute Gasteiger partial charge is 0.325 e. The maximum absolute atomic E-state index is 13.0. The van der Waals surface area contributed by atoms with E-state index in [1.165, 1.54) is 15.6 Å². The summed E-state index contributed by atoms with van der Waals surface area (Å²) in [6, 6.07) is 11.5. The Bertz CT molecular complexity index is 1280. The first-order valence-corrected chi connectivity index (χ1v) is 11.6. The zero-order chi connectivity index (χ0) is 18.6. The van der Waals surface area contributed by atoms with Crippen LogP contribution in [0.25, 0.3) is 20.4 Å². The van der Waals surface area contributed by atoms with Crippen LogP contribution in [-0.2, 0) is 16.6 Å². The summed E-state index contributed by atoms with van der Waals surface area (Å²) in [5.74, 6) is 0. The third-order valence-corrected chi connectivity index (χ3v) is 8.27. The van der Waals surface area contributed by atoms with Crippen LogP contribution in [0.1, 0.15) is 17.0 Å². The zero-order valence-electron chi connectivity index (χ0n) is 14.5. The van der Waals surface area contributed by atoms with Crippen LogP contribution < -0.4 is 9.03 Å². The van der Waals surface area contributed by atoms with Crippen LogP contribution >= 0.6 is 22.7 Å². The molecule has 6 nitrogen and oxygen atoms in total. The van der Waals surface area contributed by atoms with E-state index in [1.54, 1.807) is 11.3 Å². The number of aromatic nitrogens is 2. The molecule has 0 saturated heterocycles. The summed E-state index contributed by atoms with van der Waals surface area (Å²) < 4.78 is 32.2. The number of para-hydroxylation sites is 1. The van der Waals surface area contributed by atoms with Crippen molar-refractivity contribution < 1.29 is 8.42 Å². The minimum absolute atomic E-state index is 0.381. The quantitative estimate of drug-likeness (QED) is 0.540. The highest BCUT2D eigenvalue weighted by Crippen LogP contribution is 2.37. The van der Waals surface area contributed by atoms with Crippen LogP contribution in [0.3, 0.4) is 0 Å². The third-order valence-electron chi connectivity index (χ3n) is 4.59. The summed E-state index contributed by atoms with van der Waals surface area (Å²) in [5, 5.41) is 1.37. The van der Waals surface area contributed by atoms with Crippen molar-refractivity contribution in [2.45, 2.75) is 19.8 Å². The number of anilines is 2. The molecule has 0 atom stereocenters. The second kappa shape index (κ2) is 6.15. The molecule has 5 rings (SSSR count). The highest BCUT2D eigenvalue weighted by Gasteiger charge is 2.28. The molecule has 27 heavy (non-hydrogen) atoms. The number of aryl methyl sites for hydroxylation is 2. The van der Waals surface area contributed by atoms with Crippen molar-refractivity contribution in [1.82, 2.24) is 9.97 Å². The summed E-state index contributed by atoms with van der Waals surface area (Å²) in [6.45, 7) is 2.44. The Hall–Kier alpha value is -2.23. The molecule has 3 heterocycles. The van der Waals surface area contributed by atoms with Crippen LogP contribution in [0.15, 0.2) is 36.4 Å². The number of hydrogen-bond acceptors (Lipinski definition) is 6. The minimum atomic E-state index is -3.73. The Kier molecular flexibility index (Phi) is 3.85. The molecular weight excluding hydrogens is 400 g/mol. The Morgan fingerprint density at radius 1 is 1.04 bits per heavy atom. The lowest BCUT2D eigenvalue weighted by Gasteiger charge is -2.30. The molecular formula is C18H16N4O2S3. The van der Waals surface area contributed by atoms with Crippen molar-refractivity contribution in [3.8, 4) is 0 Å². The van der Waals surface area contributed by atoms with E-state index in [2.05, 4.69) is 14.7 Å². The van der Waals surface area contributed by atoms with Crippen LogP contribution in [0.5, 0.6) is 0 Å². The first kappa shape index (κ1) is 16.9. The standard InChI is InChI=1S/C18H16N4O2S3/c1-11-19-13-8-9-14-17(16(13)25-11)26-18(20-14)21-27(23,24)22-10-4-6-12-5-2-3-7-15(12)22/h2-3,5,7-9H,4,6,10H2,1H3,(H,20,21). The Morgan fingerprint density at radius 2 is 1.78 bits per heavy atom. The van der Waals surface area contributed by atoms with E-state index in [-0.39, 0.29) is 0 Å². The van der Waals surface area contributed by atoms with Crippen LogP contribution in [0.2, 0.25) is 0 Å². The van der Waals surface area contributed by atoms with Gasteiger partial charge in [-0.3, -0.25) is 4.31 Å². The van der Waals surface area contributed by atoms with E-state index in [0.29, 0.717) is 11.7 Å². The monoisotopic (exact) mass is 416 g/mol. The van der Waals surface area contributed by atoms with Crippen molar-refractivity contribution in [3.05, 3.63) is 47.0 Å². The molecule has 0 unspecified atom stereocenters. The van der Waals surface area contributed by atoms with E-state index >= 15 is 0 Å². The summed E-state index contributed by atoms with van der Waals surface area (Å²) >= 11 is 2.96. The average molecular weight is 417 g/mol. The SMILES string of the molecule is Cc1nc2ccc3nc(NS(=O)(=O)N4CCCc5ccccc54)sc3c2s1. The lowest BCUT2D eigenvalue weighted by molar-refractivity contribution is 0.592. The summed E-state index contributed by atoms with van der Waals surface area (Å²) in [7, 11) is -3.73. The van der Waals surface area contributed by atoms with Gasteiger partial charge in [0.15, 0.2) is 5.13 Å². The Labute approximate surface area is 164 Å². The Morgan fingerprint density at radius 3 is 2.63 bits per heavy atom. The minimum Gasteiger partial charge on any atom is -0.253 e. The molecule has 9 heteroatoms. The van der Waals surface area contributed by atoms with E-state index in [9.17, 15) is 8.42 Å². The van der Waals surface area contributed by atoms with Gasteiger partial charge in [-0.25, -0.2) is 14.7 Å². The van der Waals surface area contributed by atoms with Gasteiger partial charge in [0.1, 0.15) is 0 Å². The maximum Gasteiger partial charge on any atom is 0.325 e. The van der Waals surface area contributed by atoms with Crippen LogP contribution in [0, 0.1) is 6.92 Å². The van der Waals surface area contributed by atoms with Gasteiger partial charge in [-0.1, -0.05) is 29.5 Å². The van der Waals surface area contributed by atoms with Gasteiger partial charge in [-0.05, 0) is 43.5 Å². The summed E-state index contributed by atoms with van der Waals surface area (Å²) in [4.78, 5) is 8.98. The molecule has 0 amide bonds.